The highest BCUT2D eigenvalue weighted by molar-refractivity contribution is 7.98. The summed E-state index contributed by atoms with van der Waals surface area (Å²) in [5.41, 5.74) is 2.12. The second-order valence-corrected chi connectivity index (χ2v) is 7.92. The molecule has 7 heteroatoms. The number of carbonyl (C=O) groups is 1. The fraction of sp³-hybridized carbons (Fsp3) is 0.579. The van der Waals surface area contributed by atoms with Crippen molar-refractivity contribution in [2.75, 3.05) is 56.6 Å². The van der Waals surface area contributed by atoms with Gasteiger partial charge in [0.2, 0.25) is 0 Å². The molecule has 1 aromatic carbocycles. The van der Waals surface area contributed by atoms with E-state index < -0.39 is 0 Å². The maximum absolute atomic E-state index is 12.4. The highest BCUT2D eigenvalue weighted by Crippen LogP contribution is 2.14. The van der Waals surface area contributed by atoms with Crippen molar-refractivity contribution in [1.82, 2.24) is 10.2 Å². The van der Waals surface area contributed by atoms with Gasteiger partial charge in [0.05, 0.1) is 26.2 Å². The largest absolute Gasteiger partial charge is 0.363 e. The monoisotopic (exact) mass is 395 g/mol. The Kier molecular flexibility index (Phi) is 9.22. The average Bonchev–Trinajstić information content (AvgIpc) is 2.66. The van der Waals surface area contributed by atoms with Gasteiger partial charge in [0.1, 0.15) is 0 Å². The molecule has 1 aliphatic rings. The quantitative estimate of drug-likeness (QED) is 0.453. The van der Waals surface area contributed by atoms with Gasteiger partial charge in [-0.1, -0.05) is 25.1 Å². The molecule has 0 atom stereocenters. The van der Waals surface area contributed by atoms with Gasteiger partial charge in [-0.15, -0.1) is 0 Å². The molecule has 26 heavy (non-hydrogen) atoms. The van der Waals surface area contributed by atoms with Crippen molar-refractivity contribution >= 4 is 40.7 Å². The number of carbonyl (C=O) groups excluding carboxylic acids is 1. The molecule has 1 aromatic rings. The predicted molar refractivity (Wildman–Crippen MR) is 115 cm³/mol. The Hall–Kier alpha value is -1.31. The van der Waals surface area contributed by atoms with Gasteiger partial charge >= 0.3 is 0 Å². The van der Waals surface area contributed by atoms with E-state index >= 15 is 0 Å². The zero-order valence-electron chi connectivity index (χ0n) is 15.8. The van der Waals surface area contributed by atoms with Crippen LogP contribution in [-0.4, -0.2) is 67.2 Å². The van der Waals surface area contributed by atoms with Gasteiger partial charge in [0.15, 0.2) is 11.7 Å². The third-order valence-electron chi connectivity index (χ3n) is 4.64. The lowest BCUT2D eigenvalue weighted by molar-refractivity contribution is -0.895. The van der Waals surface area contributed by atoms with Gasteiger partial charge in [0.25, 0.3) is 5.91 Å². The highest BCUT2D eigenvalue weighted by atomic mass is 32.2. The summed E-state index contributed by atoms with van der Waals surface area (Å²) in [6.07, 6.45) is 4.17. The van der Waals surface area contributed by atoms with E-state index in [0.29, 0.717) is 6.54 Å². The van der Waals surface area contributed by atoms with Crippen molar-refractivity contribution < 1.29 is 9.69 Å². The Morgan fingerprint density at radius 2 is 2.04 bits per heavy atom. The maximum Gasteiger partial charge on any atom is 0.279 e. The van der Waals surface area contributed by atoms with Crippen LogP contribution in [0.3, 0.4) is 0 Å². The van der Waals surface area contributed by atoms with Crippen LogP contribution in [0.25, 0.3) is 0 Å². The molecule has 5 nitrogen and oxygen atoms in total. The lowest BCUT2D eigenvalue weighted by Crippen LogP contribution is -3.15. The second-order valence-electron chi connectivity index (χ2n) is 6.55. The molecular formula is C19H31N4OS2+. The summed E-state index contributed by atoms with van der Waals surface area (Å²) < 4.78 is 0. The number of amides is 1. The molecule has 1 aliphatic heterocycles. The van der Waals surface area contributed by atoms with Gasteiger partial charge in [-0.05, 0) is 48.7 Å². The number of benzene rings is 1. The van der Waals surface area contributed by atoms with Crippen LogP contribution < -0.4 is 15.5 Å². The fourth-order valence-electron chi connectivity index (χ4n) is 3.10. The standard InChI is InChI=1S/C19H30N4OS2/c1-3-16-7-4-5-8-17(16)21-18(24)15-22-10-12-23(13-11-22)19(25)20-9-6-14-26-2/h4-5,7-8H,3,6,9-15H2,1-2H3,(H,20,25)(H,21,24)/p+1. The summed E-state index contributed by atoms with van der Waals surface area (Å²) in [5.74, 6) is 1.25. The molecule has 0 aromatic heterocycles. The first-order valence-corrected chi connectivity index (χ1v) is 11.2. The predicted octanol–water partition coefficient (Wildman–Crippen LogP) is 1.02. The zero-order valence-corrected chi connectivity index (χ0v) is 17.5. The Bertz CT molecular complexity index is 589. The molecule has 0 aliphatic carbocycles. The Balaban J connectivity index is 1.71. The molecule has 2 rings (SSSR count). The third kappa shape index (κ3) is 6.78. The summed E-state index contributed by atoms with van der Waals surface area (Å²) in [7, 11) is 0. The summed E-state index contributed by atoms with van der Waals surface area (Å²) in [6, 6.07) is 8.02. The van der Waals surface area contributed by atoms with Crippen molar-refractivity contribution in [2.45, 2.75) is 19.8 Å². The number of hydrogen-bond donors (Lipinski definition) is 3. The topological polar surface area (TPSA) is 48.8 Å². The first-order chi connectivity index (χ1) is 12.6. The molecule has 144 valence electrons. The molecule has 0 saturated carbocycles. The average molecular weight is 396 g/mol. The minimum atomic E-state index is 0.0899. The van der Waals surface area contributed by atoms with E-state index in [9.17, 15) is 4.79 Å². The second kappa shape index (κ2) is 11.4. The van der Waals surface area contributed by atoms with Crippen LogP contribution in [0.15, 0.2) is 24.3 Å². The Labute approximate surface area is 166 Å². The number of para-hydroxylation sites is 1. The maximum atomic E-state index is 12.4. The number of nitrogens with zero attached hydrogens (tertiary/aromatic N) is 1. The smallest absolute Gasteiger partial charge is 0.279 e. The number of nitrogens with one attached hydrogen (secondary N) is 3. The number of piperazine rings is 1. The van der Waals surface area contributed by atoms with Gasteiger partial charge < -0.3 is 20.4 Å². The van der Waals surface area contributed by atoms with Crippen LogP contribution in [0, 0.1) is 0 Å². The van der Waals surface area contributed by atoms with Crippen LogP contribution >= 0.6 is 24.0 Å². The number of anilines is 1. The molecule has 1 saturated heterocycles. The molecular weight excluding hydrogens is 364 g/mol. The molecule has 0 bridgehead atoms. The summed E-state index contributed by atoms with van der Waals surface area (Å²) in [4.78, 5) is 15.9. The van der Waals surface area contributed by atoms with Crippen molar-refractivity contribution in [3.63, 3.8) is 0 Å². The van der Waals surface area contributed by atoms with E-state index in [2.05, 4.69) is 34.8 Å². The first kappa shape index (κ1) is 21.0. The Morgan fingerprint density at radius 1 is 1.31 bits per heavy atom. The molecule has 3 N–H and O–H groups in total. The van der Waals surface area contributed by atoms with Gasteiger partial charge in [0, 0.05) is 12.2 Å². The third-order valence-corrected chi connectivity index (χ3v) is 5.74. The molecule has 1 amide bonds. The van der Waals surface area contributed by atoms with Crippen molar-refractivity contribution in [2.24, 2.45) is 0 Å². The Morgan fingerprint density at radius 3 is 2.73 bits per heavy atom. The van der Waals surface area contributed by atoms with Crippen molar-refractivity contribution in [3.8, 4) is 0 Å². The number of hydrogen-bond acceptors (Lipinski definition) is 3. The molecule has 1 fully saturated rings. The minimum absolute atomic E-state index is 0.0899. The molecule has 0 radical (unpaired) electrons. The van der Waals surface area contributed by atoms with Gasteiger partial charge in [-0.2, -0.15) is 11.8 Å². The van der Waals surface area contributed by atoms with Crippen molar-refractivity contribution in [3.05, 3.63) is 29.8 Å². The number of rotatable bonds is 8. The van der Waals surface area contributed by atoms with E-state index in [1.807, 2.05) is 30.0 Å². The summed E-state index contributed by atoms with van der Waals surface area (Å²) in [6.45, 7) is 7.25. The van der Waals surface area contributed by atoms with E-state index in [-0.39, 0.29) is 5.91 Å². The summed E-state index contributed by atoms with van der Waals surface area (Å²) in [5, 5.41) is 7.27. The van der Waals surface area contributed by atoms with Crippen LogP contribution in [0.5, 0.6) is 0 Å². The first-order valence-electron chi connectivity index (χ1n) is 9.37. The zero-order chi connectivity index (χ0) is 18.8. The minimum Gasteiger partial charge on any atom is -0.363 e. The van der Waals surface area contributed by atoms with E-state index in [1.165, 1.54) is 10.5 Å². The van der Waals surface area contributed by atoms with Crippen LogP contribution in [0.1, 0.15) is 18.9 Å². The van der Waals surface area contributed by atoms with E-state index in [1.54, 1.807) is 0 Å². The molecule has 0 spiro atoms. The normalized spacial score (nSPS) is 14.9. The van der Waals surface area contributed by atoms with E-state index in [4.69, 9.17) is 12.2 Å². The number of thiocarbonyl (C=S) groups is 1. The highest BCUT2D eigenvalue weighted by Gasteiger charge is 2.23. The lowest BCUT2D eigenvalue weighted by atomic mass is 10.1. The number of aryl methyl sites for hydroxylation is 1. The lowest BCUT2D eigenvalue weighted by Gasteiger charge is -2.33. The number of quaternary nitrogens is 1. The molecule has 0 unspecified atom stereocenters. The van der Waals surface area contributed by atoms with Crippen molar-refractivity contribution in [1.29, 1.82) is 0 Å². The number of thioether (sulfide) groups is 1. The molecule has 1 heterocycles. The van der Waals surface area contributed by atoms with Crippen LogP contribution in [-0.2, 0) is 11.2 Å². The SMILES string of the molecule is CCc1ccccc1NC(=O)C[NH+]1CCN(C(=S)NCCCSC)CC1. The van der Waals surface area contributed by atoms with Gasteiger partial charge in [-0.3, -0.25) is 4.79 Å². The van der Waals surface area contributed by atoms with Gasteiger partial charge in [-0.25, -0.2) is 0 Å². The van der Waals surface area contributed by atoms with Crippen LogP contribution in [0.4, 0.5) is 5.69 Å². The summed E-state index contributed by atoms with van der Waals surface area (Å²) >= 11 is 7.34. The fourth-order valence-corrected chi connectivity index (χ4v) is 3.82. The van der Waals surface area contributed by atoms with E-state index in [0.717, 1.165) is 62.1 Å². The van der Waals surface area contributed by atoms with Crippen LogP contribution in [0.2, 0.25) is 0 Å².